The van der Waals surface area contributed by atoms with Gasteiger partial charge in [0.15, 0.2) is 0 Å². The zero-order valence-electron chi connectivity index (χ0n) is 17.6. The lowest BCUT2D eigenvalue weighted by Gasteiger charge is -2.54. The van der Waals surface area contributed by atoms with Crippen LogP contribution in [0.4, 0.5) is 8.78 Å². The lowest BCUT2D eigenvalue weighted by atomic mass is 9.70. The Hall–Kier alpha value is -2.56. The molecule has 2 bridgehead atoms. The van der Waals surface area contributed by atoms with Crippen molar-refractivity contribution in [1.82, 2.24) is 10.2 Å². The lowest BCUT2D eigenvalue weighted by Crippen LogP contribution is -2.64. The number of hydrogen-bond donors (Lipinski definition) is 1. The standard InChI is InChI=1S/C27H28F2N2/c28-23-12-7-13-24(29)22(23)18-30-26-21-14-16-31(17-15-21)27(26)25(19-8-3-1-4-9-19)20-10-5-2-6-11-20/h1-13,21,25-27,30H,14-18H2. The van der Waals surface area contributed by atoms with E-state index in [4.69, 9.17) is 0 Å². The molecule has 3 aromatic rings. The zero-order valence-corrected chi connectivity index (χ0v) is 17.6. The monoisotopic (exact) mass is 418 g/mol. The molecule has 31 heavy (non-hydrogen) atoms. The molecule has 2 nitrogen and oxygen atoms in total. The van der Waals surface area contributed by atoms with Crippen molar-refractivity contribution in [2.75, 3.05) is 13.1 Å². The van der Waals surface area contributed by atoms with Crippen LogP contribution in [0.25, 0.3) is 0 Å². The molecule has 0 spiro atoms. The molecule has 3 saturated heterocycles. The first-order valence-corrected chi connectivity index (χ1v) is 11.2. The van der Waals surface area contributed by atoms with Crippen LogP contribution in [0.1, 0.15) is 35.4 Å². The average molecular weight is 419 g/mol. The minimum atomic E-state index is -0.479. The Balaban J connectivity index is 1.51. The molecule has 3 aliphatic heterocycles. The summed E-state index contributed by atoms with van der Waals surface area (Å²) in [7, 11) is 0. The van der Waals surface area contributed by atoms with Gasteiger partial charge in [0.05, 0.1) is 0 Å². The molecule has 3 aromatic carbocycles. The number of nitrogens with one attached hydrogen (secondary N) is 1. The van der Waals surface area contributed by atoms with Crippen molar-refractivity contribution in [3.05, 3.63) is 107 Å². The summed E-state index contributed by atoms with van der Waals surface area (Å²) < 4.78 is 28.6. The third-order valence-electron chi connectivity index (χ3n) is 7.11. The van der Waals surface area contributed by atoms with Crippen LogP contribution in [0, 0.1) is 17.6 Å². The summed E-state index contributed by atoms with van der Waals surface area (Å²) in [5.41, 5.74) is 2.71. The van der Waals surface area contributed by atoms with Crippen LogP contribution in [0.2, 0.25) is 0 Å². The van der Waals surface area contributed by atoms with Crippen LogP contribution < -0.4 is 5.32 Å². The fourth-order valence-electron chi connectivity index (χ4n) is 5.62. The number of halogens is 2. The van der Waals surface area contributed by atoms with Gasteiger partial charge >= 0.3 is 0 Å². The first kappa shape index (κ1) is 20.3. The van der Waals surface area contributed by atoms with Crippen molar-refractivity contribution in [3.8, 4) is 0 Å². The first-order chi connectivity index (χ1) is 15.2. The Morgan fingerprint density at radius 3 is 1.87 bits per heavy atom. The second kappa shape index (κ2) is 8.89. The summed E-state index contributed by atoms with van der Waals surface area (Å²) in [6.45, 7) is 2.37. The highest BCUT2D eigenvalue weighted by Gasteiger charge is 2.46. The second-order valence-corrected chi connectivity index (χ2v) is 8.77. The molecule has 2 atom stereocenters. The lowest BCUT2D eigenvalue weighted by molar-refractivity contribution is 0.00448. The Bertz CT molecular complexity index is 941. The number of benzene rings is 3. The van der Waals surface area contributed by atoms with Crippen molar-refractivity contribution in [1.29, 1.82) is 0 Å². The molecule has 3 heterocycles. The molecule has 0 saturated carbocycles. The van der Waals surface area contributed by atoms with Crippen molar-refractivity contribution in [3.63, 3.8) is 0 Å². The number of fused-ring (bicyclic) bond motifs is 3. The normalized spacial score (nSPS) is 25.1. The van der Waals surface area contributed by atoms with E-state index in [1.807, 2.05) is 0 Å². The molecule has 3 fully saturated rings. The summed E-state index contributed by atoms with van der Waals surface area (Å²) in [5, 5.41) is 3.60. The van der Waals surface area contributed by atoms with Gasteiger partial charge in [0.2, 0.25) is 0 Å². The highest BCUT2D eigenvalue weighted by molar-refractivity contribution is 5.36. The molecule has 0 aromatic heterocycles. The topological polar surface area (TPSA) is 15.3 Å². The second-order valence-electron chi connectivity index (χ2n) is 8.77. The molecule has 160 valence electrons. The summed E-state index contributed by atoms with van der Waals surface area (Å²) in [4.78, 5) is 2.58. The van der Waals surface area contributed by atoms with Crippen LogP contribution >= 0.6 is 0 Å². The van der Waals surface area contributed by atoms with E-state index in [-0.39, 0.29) is 30.1 Å². The van der Waals surface area contributed by atoms with E-state index in [9.17, 15) is 8.78 Å². The van der Waals surface area contributed by atoms with Gasteiger partial charge < -0.3 is 5.32 Å². The Morgan fingerprint density at radius 2 is 1.32 bits per heavy atom. The zero-order chi connectivity index (χ0) is 21.2. The van der Waals surface area contributed by atoms with E-state index in [2.05, 4.69) is 70.9 Å². The van der Waals surface area contributed by atoms with Gasteiger partial charge in [-0.2, -0.15) is 0 Å². The van der Waals surface area contributed by atoms with Crippen LogP contribution in [-0.4, -0.2) is 30.1 Å². The molecular formula is C27H28F2N2. The van der Waals surface area contributed by atoms with Gasteiger partial charge in [-0.15, -0.1) is 0 Å². The molecule has 3 aliphatic rings. The van der Waals surface area contributed by atoms with Gasteiger partial charge in [-0.3, -0.25) is 4.90 Å². The van der Waals surface area contributed by atoms with Crippen LogP contribution in [-0.2, 0) is 6.54 Å². The van der Waals surface area contributed by atoms with Gasteiger partial charge in [-0.1, -0.05) is 66.7 Å². The smallest absolute Gasteiger partial charge is 0.130 e. The fraction of sp³-hybridized carbons (Fsp3) is 0.333. The Morgan fingerprint density at radius 1 is 0.774 bits per heavy atom. The maximum absolute atomic E-state index is 14.3. The Labute approximate surface area is 182 Å². The van der Waals surface area contributed by atoms with Crippen molar-refractivity contribution < 1.29 is 8.78 Å². The van der Waals surface area contributed by atoms with Crippen LogP contribution in [0.15, 0.2) is 78.9 Å². The van der Waals surface area contributed by atoms with E-state index in [1.54, 1.807) is 0 Å². The van der Waals surface area contributed by atoms with E-state index >= 15 is 0 Å². The van der Waals surface area contributed by atoms with E-state index in [0.29, 0.717) is 5.92 Å². The molecular weight excluding hydrogens is 390 g/mol. The van der Waals surface area contributed by atoms with Crippen molar-refractivity contribution >= 4 is 0 Å². The first-order valence-electron chi connectivity index (χ1n) is 11.2. The fourth-order valence-corrected chi connectivity index (χ4v) is 5.62. The maximum atomic E-state index is 14.3. The molecule has 2 unspecified atom stereocenters. The summed E-state index contributed by atoms with van der Waals surface area (Å²) >= 11 is 0. The van der Waals surface area contributed by atoms with Crippen LogP contribution in [0.5, 0.6) is 0 Å². The number of piperidine rings is 3. The summed E-state index contributed by atoms with van der Waals surface area (Å²) in [6.07, 6.45) is 2.26. The number of nitrogens with zero attached hydrogens (tertiary/aromatic N) is 1. The summed E-state index contributed by atoms with van der Waals surface area (Å²) in [5.74, 6) is -0.241. The van der Waals surface area contributed by atoms with Gasteiger partial charge in [-0.05, 0) is 55.1 Å². The third kappa shape index (κ3) is 4.02. The van der Waals surface area contributed by atoms with Crippen molar-refractivity contribution in [2.45, 2.75) is 37.4 Å². The minimum Gasteiger partial charge on any atom is -0.308 e. The largest absolute Gasteiger partial charge is 0.308 e. The quantitative estimate of drug-likeness (QED) is 0.581. The van der Waals surface area contributed by atoms with E-state index < -0.39 is 11.6 Å². The van der Waals surface area contributed by atoms with Crippen molar-refractivity contribution in [2.24, 2.45) is 5.92 Å². The number of hydrogen-bond acceptors (Lipinski definition) is 2. The number of rotatable bonds is 6. The van der Waals surface area contributed by atoms with Crippen LogP contribution in [0.3, 0.4) is 0 Å². The highest BCUT2D eigenvalue weighted by Crippen LogP contribution is 2.42. The minimum absolute atomic E-state index is 0.133. The van der Waals surface area contributed by atoms with Gasteiger partial charge in [0, 0.05) is 30.1 Å². The predicted octanol–water partition coefficient (Wildman–Crippen LogP) is 5.35. The van der Waals surface area contributed by atoms with Gasteiger partial charge in [-0.25, -0.2) is 8.78 Å². The Kier molecular flexibility index (Phi) is 5.84. The molecule has 0 radical (unpaired) electrons. The molecule has 0 amide bonds. The SMILES string of the molecule is Fc1cccc(F)c1CNC1C2CCN(CC2)C1C(c1ccccc1)c1ccccc1. The van der Waals surface area contributed by atoms with E-state index in [1.165, 1.54) is 29.3 Å². The summed E-state index contributed by atoms with van der Waals surface area (Å²) in [6, 6.07) is 25.8. The molecule has 1 N–H and O–H groups in total. The van der Waals surface area contributed by atoms with Gasteiger partial charge in [0.1, 0.15) is 11.6 Å². The third-order valence-corrected chi connectivity index (χ3v) is 7.11. The molecule has 0 aliphatic carbocycles. The molecule has 6 rings (SSSR count). The van der Waals surface area contributed by atoms with E-state index in [0.717, 1.165) is 25.9 Å². The van der Waals surface area contributed by atoms with Gasteiger partial charge in [0.25, 0.3) is 0 Å². The highest BCUT2D eigenvalue weighted by atomic mass is 19.1. The predicted molar refractivity (Wildman–Crippen MR) is 120 cm³/mol. The maximum Gasteiger partial charge on any atom is 0.130 e. The average Bonchev–Trinajstić information content (AvgIpc) is 2.82. The molecule has 4 heteroatoms.